The van der Waals surface area contributed by atoms with Crippen molar-refractivity contribution in [3.63, 3.8) is 0 Å². The van der Waals surface area contributed by atoms with Gasteiger partial charge in [0.2, 0.25) is 0 Å². The van der Waals surface area contributed by atoms with Crippen LogP contribution < -0.4 is 14.9 Å². The number of amidine groups is 1. The summed E-state index contributed by atoms with van der Waals surface area (Å²) in [5, 5.41) is 4.77. The highest BCUT2D eigenvalue weighted by atomic mass is 79.9. The van der Waals surface area contributed by atoms with E-state index in [-0.39, 0.29) is 0 Å². The zero-order valence-corrected chi connectivity index (χ0v) is 20.1. The lowest BCUT2D eigenvalue weighted by atomic mass is 10.0. The number of nitrogens with zero attached hydrogens (tertiary/aromatic N) is 2. The predicted molar refractivity (Wildman–Crippen MR) is 134 cm³/mol. The van der Waals surface area contributed by atoms with Gasteiger partial charge in [0, 0.05) is 21.2 Å². The molecule has 1 heterocycles. The molecule has 0 saturated heterocycles. The molecule has 1 aliphatic heterocycles. The van der Waals surface area contributed by atoms with Gasteiger partial charge in [-0.2, -0.15) is 5.10 Å². The summed E-state index contributed by atoms with van der Waals surface area (Å²) in [5.41, 5.74) is 8.95. The third-order valence-electron chi connectivity index (χ3n) is 5.17. The van der Waals surface area contributed by atoms with Crippen LogP contribution in [0.4, 0.5) is 5.69 Å². The molecule has 32 heavy (non-hydrogen) atoms. The molecule has 3 aromatic carbocycles. The van der Waals surface area contributed by atoms with Gasteiger partial charge >= 0.3 is 0 Å². The molecule has 0 spiro atoms. The summed E-state index contributed by atoms with van der Waals surface area (Å²) in [6, 6.07) is 20.3. The van der Waals surface area contributed by atoms with Crippen LogP contribution >= 0.6 is 15.9 Å². The second-order valence-electron chi connectivity index (χ2n) is 7.27. The van der Waals surface area contributed by atoms with Gasteiger partial charge in [-0.25, -0.2) is 4.99 Å². The number of hydrogen-bond donors (Lipinski definition) is 1. The van der Waals surface area contributed by atoms with Gasteiger partial charge in [-0.3, -0.25) is 5.43 Å². The minimum atomic E-state index is 0.553. The predicted octanol–water partition coefficient (Wildman–Crippen LogP) is 6.24. The Morgan fingerprint density at radius 3 is 2.25 bits per heavy atom. The fourth-order valence-electron chi connectivity index (χ4n) is 3.56. The fourth-order valence-corrected chi connectivity index (χ4v) is 3.92. The minimum absolute atomic E-state index is 0.553. The first kappa shape index (κ1) is 22.1. The topological polar surface area (TPSA) is 55.2 Å². The van der Waals surface area contributed by atoms with Gasteiger partial charge in [0.25, 0.3) is 0 Å². The monoisotopic (exact) mass is 491 g/mol. The standard InChI is InChI=1S/C26H26BrN3O2/c1-4-17-7-9-18(10-8-17)26-28-22-13-12-20(27)16-21(22)25(29-30-26)19-11-14-23(31-5-2)24(15-19)32-6-3/h7-16H,4-6H2,1-3H3,(H,28,30). The molecular weight excluding hydrogens is 466 g/mol. The molecule has 1 aliphatic rings. The Hall–Kier alpha value is -3.12. The third kappa shape index (κ3) is 4.70. The second-order valence-corrected chi connectivity index (χ2v) is 8.19. The third-order valence-corrected chi connectivity index (χ3v) is 5.67. The summed E-state index contributed by atoms with van der Waals surface area (Å²) in [6.07, 6.45) is 0.999. The molecular formula is C26H26BrN3O2. The van der Waals surface area contributed by atoms with E-state index in [0.29, 0.717) is 24.8 Å². The number of hydrogen-bond acceptors (Lipinski definition) is 5. The van der Waals surface area contributed by atoms with Crippen molar-refractivity contribution in [2.75, 3.05) is 13.2 Å². The molecule has 0 bridgehead atoms. The van der Waals surface area contributed by atoms with Gasteiger partial charge in [-0.15, -0.1) is 0 Å². The lowest BCUT2D eigenvalue weighted by Crippen LogP contribution is -2.19. The van der Waals surface area contributed by atoms with E-state index in [1.165, 1.54) is 5.56 Å². The number of hydrazone groups is 1. The Labute approximate surface area is 197 Å². The van der Waals surface area contributed by atoms with Crippen LogP contribution in [0.25, 0.3) is 0 Å². The fraction of sp³-hybridized carbons (Fsp3) is 0.231. The van der Waals surface area contributed by atoms with Crippen LogP contribution in [0.1, 0.15) is 43.0 Å². The van der Waals surface area contributed by atoms with E-state index >= 15 is 0 Å². The Balaban J connectivity index is 1.80. The quantitative estimate of drug-likeness (QED) is 0.425. The van der Waals surface area contributed by atoms with E-state index in [1.807, 2.05) is 50.2 Å². The number of aryl methyl sites for hydroxylation is 1. The van der Waals surface area contributed by atoms with Gasteiger partial charge in [0.05, 0.1) is 18.9 Å². The molecule has 4 rings (SSSR count). The smallest absolute Gasteiger partial charge is 0.161 e. The van der Waals surface area contributed by atoms with Crippen molar-refractivity contribution >= 4 is 33.2 Å². The zero-order chi connectivity index (χ0) is 22.5. The summed E-state index contributed by atoms with van der Waals surface area (Å²) in [7, 11) is 0. The molecule has 3 aromatic rings. The number of fused-ring (bicyclic) bond motifs is 1. The molecule has 0 saturated carbocycles. The highest BCUT2D eigenvalue weighted by Gasteiger charge is 2.19. The summed E-state index contributed by atoms with van der Waals surface area (Å²) in [6.45, 7) is 7.20. The lowest BCUT2D eigenvalue weighted by molar-refractivity contribution is 0.287. The molecule has 6 heteroatoms. The maximum absolute atomic E-state index is 5.84. The van der Waals surface area contributed by atoms with Crippen molar-refractivity contribution in [2.45, 2.75) is 27.2 Å². The molecule has 0 unspecified atom stereocenters. The number of rotatable bonds is 7. The van der Waals surface area contributed by atoms with Crippen LogP contribution in [0.15, 0.2) is 75.2 Å². The SMILES string of the molecule is CCOc1ccc(C2=NNC(c3ccc(CC)cc3)=Nc3ccc(Br)cc32)cc1OCC. The number of halogens is 1. The van der Waals surface area contributed by atoms with Crippen LogP contribution in [0.3, 0.4) is 0 Å². The average molecular weight is 492 g/mol. The normalized spacial score (nSPS) is 12.8. The maximum atomic E-state index is 5.84. The van der Waals surface area contributed by atoms with E-state index in [0.717, 1.165) is 44.7 Å². The molecule has 0 radical (unpaired) electrons. The van der Waals surface area contributed by atoms with Crippen molar-refractivity contribution in [3.8, 4) is 11.5 Å². The highest BCUT2D eigenvalue weighted by molar-refractivity contribution is 9.10. The highest BCUT2D eigenvalue weighted by Crippen LogP contribution is 2.33. The Kier molecular flexibility index (Phi) is 6.90. The van der Waals surface area contributed by atoms with Crippen molar-refractivity contribution in [2.24, 2.45) is 10.1 Å². The van der Waals surface area contributed by atoms with Gasteiger partial charge < -0.3 is 9.47 Å². The zero-order valence-electron chi connectivity index (χ0n) is 18.5. The second kappa shape index (κ2) is 10.0. The van der Waals surface area contributed by atoms with E-state index < -0.39 is 0 Å². The molecule has 0 atom stereocenters. The molecule has 1 N–H and O–H groups in total. The van der Waals surface area contributed by atoms with E-state index in [1.54, 1.807) is 0 Å². The van der Waals surface area contributed by atoms with Gasteiger partial charge in [0.15, 0.2) is 17.3 Å². The van der Waals surface area contributed by atoms with Gasteiger partial charge in [0.1, 0.15) is 5.71 Å². The molecule has 0 amide bonds. The average Bonchev–Trinajstić information content (AvgIpc) is 3.00. The number of aliphatic imine (C=N–C) groups is 1. The van der Waals surface area contributed by atoms with Crippen LogP contribution in [0.2, 0.25) is 0 Å². The molecule has 164 valence electrons. The Bertz CT molecular complexity index is 1170. The first-order valence-corrected chi connectivity index (χ1v) is 11.6. The largest absolute Gasteiger partial charge is 0.490 e. The van der Waals surface area contributed by atoms with Gasteiger partial charge in [-0.1, -0.05) is 47.1 Å². The molecule has 0 fully saturated rings. The lowest BCUT2D eigenvalue weighted by Gasteiger charge is -2.14. The molecule has 0 aliphatic carbocycles. The molecule has 0 aromatic heterocycles. The minimum Gasteiger partial charge on any atom is -0.490 e. The first-order valence-electron chi connectivity index (χ1n) is 10.8. The first-order chi connectivity index (χ1) is 15.6. The maximum Gasteiger partial charge on any atom is 0.161 e. The van der Waals surface area contributed by atoms with Gasteiger partial charge in [-0.05, 0) is 62.2 Å². The Morgan fingerprint density at radius 2 is 1.53 bits per heavy atom. The van der Waals surface area contributed by atoms with Crippen molar-refractivity contribution in [1.82, 2.24) is 5.43 Å². The van der Waals surface area contributed by atoms with E-state index in [4.69, 9.17) is 19.6 Å². The summed E-state index contributed by atoms with van der Waals surface area (Å²) in [5.74, 6) is 2.14. The van der Waals surface area contributed by atoms with Crippen LogP contribution in [0.5, 0.6) is 11.5 Å². The van der Waals surface area contributed by atoms with Crippen molar-refractivity contribution < 1.29 is 9.47 Å². The van der Waals surface area contributed by atoms with Crippen LogP contribution in [0, 0.1) is 0 Å². The van der Waals surface area contributed by atoms with E-state index in [9.17, 15) is 0 Å². The van der Waals surface area contributed by atoms with Crippen molar-refractivity contribution in [1.29, 1.82) is 0 Å². The van der Waals surface area contributed by atoms with Crippen LogP contribution in [-0.4, -0.2) is 24.8 Å². The molecule has 5 nitrogen and oxygen atoms in total. The van der Waals surface area contributed by atoms with Crippen LogP contribution in [-0.2, 0) is 6.42 Å². The Morgan fingerprint density at radius 1 is 0.812 bits per heavy atom. The summed E-state index contributed by atoms with van der Waals surface area (Å²) >= 11 is 3.59. The van der Waals surface area contributed by atoms with Crippen molar-refractivity contribution in [3.05, 3.63) is 87.4 Å². The van der Waals surface area contributed by atoms with E-state index in [2.05, 4.69) is 52.5 Å². The number of ether oxygens (including phenoxy) is 2. The summed E-state index contributed by atoms with van der Waals surface area (Å²) in [4.78, 5) is 4.90. The number of benzene rings is 3. The summed E-state index contributed by atoms with van der Waals surface area (Å²) < 4.78 is 12.5. The number of nitrogens with one attached hydrogen (secondary N) is 1.